The molecule has 1 aliphatic carbocycles. The Morgan fingerprint density at radius 2 is 2.07 bits per heavy atom. The van der Waals surface area contributed by atoms with Crippen LogP contribution in [-0.4, -0.2) is 46.5 Å². The highest BCUT2D eigenvalue weighted by Gasteiger charge is 2.36. The van der Waals surface area contributed by atoms with Crippen molar-refractivity contribution in [2.24, 2.45) is 10.4 Å². The average Bonchev–Trinajstić information content (AvgIpc) is 2.64. The molecule has 6 nitrogen and oxygen atoms in total. The van der Waals surface area contributed by atoms with Gasteiger partial charge in [0.15, 0.2) is 17.5 Å². The third-order valence-corrected chi connectivity index (χ3v) is 5.12. The maximum atomic E-state index is 12.8. The van der Waals surface area contributed by atoms with Crippen LogP contribution < -0.4 is 20.1 Å². The number of benzene rings is 1. The van der Waals surface area contributed by atoms with E-state index in [-0.39, 0.29) is 17.7 Å². The fraction of sp³-hybridized carbons (Fsp3) is 0.650. The van der Waals surface area contributed by atoms with Crippen LogP contribution in [0.25, 0.3) is 0 Å². The molecule has 2 N–H and O–H groups in total. The largest absolute Gasteiger partial charge is 0.490 e. The van der Waals surface area contributed by atoms with Gasteiger partial charge in [0.2, 0.25) is 0 Å². The van der Waals surface area contributed by atoms with E-state index < -0.39 is 6.61 Å². The molecule has 1 aromatic carbocycles. The lowest BCUT2D eigenvalue weighted by Crippen LogP contribution is -2.46. The first-order valence-electron chi connectivity index (χ1n) is 9.66. The molecule has 1 aliphatic rings. The summed E-state index contributed by atoms with van der Waals surface area (Å²) in [5.41, 5.74) is 0.818. The summed E-state index contributed by atoms with van der Waals surface area (Å²) in [6.07, 6.45) is 4.58. The first-order chi connectivity index (χ1) is 13.5. The summed E-state index contributed by atoms with van der Waals surface area (Å²) in [6, 6.07) is 5.10. The van der Waals surface area contributed by atoms with E-state index in [2.05, 4.69) is 15.6 Å². The summed E-state index contributed by atoms with van der Waals surface area (Å²) < 4.78 is 41.0. The van der Waals surface area contributed by atoms with Gasteiger partial charge in [-0.25, -0.2) is 0 Å². The average molecular weight is 399 g/mol. The lowest BCUT2D eigenvalue weighted by atomic mass is 9.67. The molecule has 0 heterocycles. The summed E-state index contributed by atoms with van der Waals surface area (Å²) >= 11 is 0. The third kappa shape index (κ3) is 6.22. The predicted octanol–water partition coefficient (Wildman–Crippen LogP) is 3.56. The number of methoxy groups -OCH3 is 1. The van der Waals surface area contributed by atoms with Crippen LogP contribution in [0.2, 0.25) is 0 Å². The number of nitrogens with one attached hydrogen (secondary N) is 2. The SMILES string of the molecule is CCOc1cccc(CNC(=NC)NCC2(CCOC)CCC2)c1OC(F)F. The second-order valence-corrected chi connectivity index (χ2v) is 6.93. The van der Waals surface area contributed by atoms with Crippen LogP contribution >= 0.6 is 0 Å². The van der Waals surface area contributed by atoms with Crippen LogP contribution in [0.4, 0.5) is 8.78 Å². The first kappa shape index (κ1) is 22.2. The van der Waals surface area contributed by atoms with Crippen LogP contribution in [-0.2, 0) is 11.3 Å². The molecule has 158 valence electrons. The number of hydrogen-bond acceptors (Lipinski definition) is 4. The van der Waals surface area contributed by atoms with Gasteiger partial charge < -0.3 is 24.8 Å². The molecule has 28 heavy (non-hydrogen) atoms. The predicted molar refractivity (Wildman–Crippen MR) is 105 cm³/mol. The van der Waals surface area contributed by atoms with Gasteiger partial charge in [0.05, 0.1) is 6.61 Å². The number of hydrogen-bond donors (Lipinski definition) is 2. The lowest BCUT2D eigenvalue weighted by Gasteiger charge is -2.42. The number of guanidine groups is 1. The summed E-state index contributed by atoms with van der Waals surface area (Å²) in [4.78, 5) is 4.24. The van der Waals surface area contributed by atoms with Crippen LogP contribution in [0.1, 0.15) is 38.2 Å². The Balaban J connectivity index is 1.98. The van der Waals surface area contributed by atoms with Crippen molar-refractivity contribution in [3.8, 4) is 11.5 Å². The van der Waals surface area contributed by atoms with Crippen LogP contribution in [0.3, 0.4) is 0 Å². The molecule has 0 unspecified atom stereocenters. The molecule has 1 aromatic rings. The highest BCUT2D eigenvalue weighted by molar-refractivity contribution is 5.79. The highest BCUT2D eigenvalue weighted by atomic mass is 19.3. The molecule has 0 saturated heterocycles. The fourth-order valence-electron chi connectivity index (χ4n) is 3.37. The Bertz CT molecular complexity index is 637. The van der Waals surface area contributed by atoms with Crippen molar-refractivity contribution >= 4 is 5.96 Å². The molecule has 0 atom stereocenters. The van der Waals surface area contributed by atoms with E-state index in [1.807, 2.05) is 0 Å². The van der Waals surface area contributed by atoms with Crippen LogP contribution in [0.15, 0.2) is 23.2 Å². The van der Waals surface area contributed by atoms with E-state index in [0.717, 1.165) is 19.6 Å². The van der Waals surface area contributed by atoms with Gasteiger partial charge in [-0.3, -0.25) is 4.99 Å². The Labute approximate surface area is 165 Å². The van der Waals surface area contributed by atoms with Gasteiger partial charge >= 0.3 is 6.61 Å². The van der Waals surface area contributed by atoms with Gasteiger partial charge in [-0.1, -0.05) is 18.6 Å². The number of alkyl halides is 2. The van der Waals surface area contributed by atoms with E-state index >= 15 is 0 Å². The normalized spacial score (nSPS) is 15.9. The zero-order valence-corrected chi connectivity index (χ0v) is 16.9. The zero-order valence-electron chi connectivity index (χ0n) is 16.9. The molecule has 2 rings (SSSR count). The van der Waals surface area contributed by atoms with Gasteiger partial charge in [-0.2, -0.15) is 8.78 Å². The molecule has 8 heteroatoms. The maximum Gasteiger partial charge on any atom is 0.387 e. The number of halogens is 2. The maximum absolute atomic E-state index is 12.8. The van der Waals surface area contributed by atoms with E-state index in [1.165, 1.54) is 19.3 Å². The summed E-state index contributed by atoms with van der Waals surface area (Å²) in [5.74, 6) is 0.976. The van der Waals surface area contributed by atoms with Crippen molar-refractivity contribution < 1.29 is 23.0 Å². The van der Waals surface area contributed by atoms with Crippen molar-refractivity contribution in [2.45, 2.75) is 45.8 Å². The van der Waals surface area contributed by atoms with Gasteiger partial charge in [-0.05, 0) is 37.7 Å². The summed E-state index contributed by atoms with van der Waals surface area (Å²) in [5, 5.41) is 6.53. The molecule has 0 spiro atoms. The second kappa shape index (κ2) is 11.0. The van der Waals surface area contributed by atoms with Crippen molar-refractivity contribution in [3.63, 3.8) is 0 Å². The van der Waals surface area contributed by atoms with Gasteiger partial charge in [0, 0.05) is 39.4 Å². The summed E-state index contributed by atoms with van der Waals surface area (Å²) in [6.45, 7) is 1.07. The van der Waals surface area contributed by atoms with E-state index in [9.17, 15) is 8.78 Å². The Hall–Kier alpha value is -2.09. The minimum absolute atomic E-state index is 0.0536. The minimum atomic E-state index is -2.92. The van der Waals surface area contributed by atoms with E-state index in [1.54, 1.807) is 39.3 Å². The molecule has 1 fully saturated rings. The third-order valence-electron chi connectivity index (χ3n) is 5.12. The van der Waals surface area contributed by atoms with Crippen molar-refractivity contribution in [1.82, 2.24) is 10.6 Å². The minimum Gasteiger partial charge on any atom is -0.490 e. The van der Waals surface area contributed by atoms with Crippen molar-refractivity contribution in [1.29, 1.82) is 0 Å². The first-order valence-corrected chi connectivity index (χ1v) is 9.66. The molecule has 0 aromatic heterocycles. The standard InChI is InChI=1S/C20H31F2N3O3/c1-4-27-16-8-5-7-15(17(16)28-18(21)22)13-24-19(23-2)25-14-20(9-6-10-20)11-12-26-3/h5,7-8,18H,4,6,9-14H2,1-3H3,(H2,23,24,25). The molecule has 0 bridgehead atoms. The van der Waals surface area contributed by atoms with E-state index in [4.69, 9.17) is 14.2 Å². The number of aliphatic imine (C=N–C) groups is 1. The van der Waals surface area contributed by atoms with Gasteiger partial charge in [0.25, 0.3) is 0 Å². The summed E-state index contributed by atoms with van der Waals surface area (Å²) in [7, 11) is 3.40. The smallest absolute Gasteiger partial charge is 0.387 e. The molecule has 0 amide bonds. The van der Waals surface area contributed by atoms with Crippen molar-refractivity contribution in [3.05, 3.63) is 23.8 Å². The Kier molecular flexibility index (Phi) is 8.76. The highest BCUT2D eigenvalue weighted by Crippen LogP contribution is 2.43. The molecular formula is C20H31F2N3O3. The monoisotopic (exact) mass is 399 g/mol. The van der Waals surface area contributed by atoms with Gasteiger partial charge in [-0.15, -0.1) is 0 Å². The molecule has 1 saturated carbocycles. The van der Waals surface area contributed by atoms with Gasteiger partial charge in [0.1, 0.15) is 0 Å². The van der Waals surface area contributed by atoms with Crippen LogP contribution in [0.5, 0.6) is 11.5 Å². The molecular weight excluding hydrogens is 368 g/mol. The quantitative estimate of drug-likeness (QED) is 0.440. The molecule has 0 radical (unpaired) electrons. The fourth-order valence-corrected chi connectivity index (χ4v) is 3.37. The Morgan fingerprint density at radius 1 is 1.29 bits per heavy atom. The van der Waals surface area contributed by atoms with Crippen LogP contribution in [0, 0.1) is 5.41 Å². The van der Waals surface area contributed by atoms with Crippen molar-refractivity contribution in [2.75, 3.05) is 33.9 Å². The lowest BCUT2D eigenvalue weighted by molar-refractivity contribution is -0.0520. The topological polar surface area (TPSA) is 64.1 Å². The zero-order chi connectivity index (χ0) is 20.4. The number of para-hydroxylation sites is 1. The second-order valence-electron chi connectivity index (χ2n) is 6.93. The number of rotatable bonds is 11. The number of ether oxygens (including phenoxy) is 3. The molecule has 0 aliphatic heterocycles. The number of nitrogens with zero attached hydrogens (tertiary/aromatic N) is 1. The Morgan fingerprint density at radius 3 is 2.64 bits per heavy atom. The van der Waals surface area contributed by atoms with E-state index in [0.29, 0.717) is 23.9 Å².